The Bertz CT molecular complexity index is 704. The lowest BCUT2D eigenvalue weighted by molar-refractivity contribution is -0.141. The smallest absolute Gasteiger partial charge is 0.327 e. The van der Waals surface area contributed by atoms with Crippen molar-refractivity contribution >= 4 is 48.0 Å². The average molecular weight is 476 g/mol. The molecule has 32 heavy (non-hydrogen) atoms. The molecule has 0 saturated carbocycles. The number of nitrogens with zero attached hydrogens (tertiary/aromatic N) is 1. The summed E-state index contributed by atoms with van der Waals surface area (Å²) in [5.41, 5.74) is 0. The first-order valence-electron chi connectivity index (χ1n) is 10.3. The number of unbranched alkanes of at least 4 members (excludes halogenated alkanes) is 3. The van der Waals surface area contributed by atoms with Gasteiger partial charge < -0.3 is 25.6 Å². The van der Waals surface area contributed by atoms with Crippen molar-refractivity contribution in [3.05, 3.63) is 0 Å². The van der Waals surface area contributed by atoms with Crippen molar-refractivity contribution in [2.75, 3.05) is 12.3 Å². The van der Waals surface area contributed by atoms with Crippen LogP contribution in [0.5, 0.6) is 0 Å². The molecular formula is C19H29N3O9S. The van der Waals surface area contributed by atoms with E-state index in [-0.39, 0.29) is 43.3 Å². The summed E-state index contributed by atoms with van der Waals surface area (Å²) >= 11 is 0.965. The summed E-state index contributed by atoms with van der Waals surface area (Å²) in [4.78, 5) is 70.5. The van der Waals surface area contributed by atoms with Crippen molar-refractivity contribution < 1.29 is 43.7 Å². The number of hydrogen-bond donors (Lipinski definition) is 4. The van der Waals surface area contributed by atoms with Crippen molar-refractivity contribution in [1.29, 1.82) is 0 Å². The number of thioether (sulfide) groups is 1. The molecule has 4 N–H and O–H groups in total. The first kappa shape index (κ1) is 27.2. The fourth-order valence-corrected chi connectivity index (χ4v) is 4.12. The number of amides is 4. The van der Waals surface area contributed by atoms with E-state index in [0.717, 1.165) is 31.0 Å². The molecule has 0 aliphatic carbocycles. The molecule has 0 spiro atoms. The first-order valence-corrected chi connectivity index (χ1v) is 11.3. The van der Waals surface area contributed by atoms with Gasteiger partial charge >= 0.3 is 18.0 Å². The Morgan fingerprint density at radius 2 is 1.94 bits per heavy atom. The van der Waals surface area contributed by atoms with E-state index in [0.29, 0.717) is 13.0 Å². The lowest BCUT2D eigenvalue weighted by Crippen LogP contribution is -2.50. The number of urea groups is 1. The Kier molecular flexibility index (Phi) is 12.1. The van der Waals surface area contributed by atoms with Gasteiger partial charge in [0.05, 0.1) is 11.7 Å². The van der Waals surface area contributed by atoms with Crippen LogP contribution < -0.4 is 10.6 Å². The summed E-state index contributed by atoms with van der Waals surface area (Å²) in [5.74, 6) is -3.36. The Hall–Kier alpha value is -2.83. The molecule has 3 atom stereocenters. The molecule has 13 heteroatoms. The summed E-state index contributed by atoms with van der Waals surface area (Å²) in [6.45, 7) is 2.43. The third-order valence-corrected chi connectivity index (χ3v) is 5.93. The highest BCUT2D eigenvalue weighted by molar-refractivity contribution is 8.00. The summed E-state index contributed by atoms with van der Waals surface area (Å²) < 4.78 is 4.58. The topological polar surface area (TPSA) is 179 Å². The quantitative estimate of drug-likeness (QED) is 0.106. The van der Waals surface area contributed by atoms with Crippen LogP contribution in [0.1, 0.15) is 51.9 Å². The number of carbonyl (C=O) groups is 6. The lowest BCUT2D eigenvalue weighted by atomic mass is 10.2. The molecule has 1 aliphatic heterocycles. The van der Waals surface area contributed by atoms with E-state index in [9.17, 15) is 33.9 Å². The normalized spacial score (nSPS) is 17.5. The highest BCUT2D eigenvalue weighted by atomic mass is 32.2. The van der Waals surface area contributed by atoms with Gasteiger partial charge in [-0.2, -0.15) is 0 Å². The molecule has 1 rings (SSSR count). The van der Waals surface area contributed by atoms with Crippen LogP contribution in [0.25, 0.3) is 0 Å². The minimum atomic E-state index is -1.39. The van der Waals surface area contributed by atoms with Crippen LogP contribution in [0.15, 0.2) is 0 Å². The third kappa shape index (κ3) is 9.54. The monoisotopic (exact) mass is 475 g/mol. The number of aliphatic carboxylic acids is 2. The van der Waals surface area contributed by atoms with Gasteiger partial charge in [0.1, 0.15) is 6.04 Å². The summed E-state index contributed by atoms with van der Waals surface area (Å²) in [5, 5.41) is 21.7. The van der Waals surface area contributed by atoms with E-state index in [1.165, 1.54) is 4.90 Å². The van der Waals surface area contributed by atoms with Crippen molar-refractivity contribution in [3.63, 3.8) is 0 Å². The van der Waals surface area contributed by atoms with Gasteiger partial charge in [-0.3, -0.25) is 24.1 Å². The van der Waals surface area contributed by atoms with Crippen molar-refractivity contribution in [2.24, 2.45) is 0 Å². The molecule has 1 saturated heterocycles. The van der Waals surface area contributed by atoms with Crippen LogP contribution in [-0.4, -0.2) is 81.2 Å². The maximum atomic E-state index is 12.5. The van der Waals surface area contributed by atoms with Crippen molar-refractivity contribution in [3.8, 4) is 0 Å². The molecule has 4 amide bonds. The number of rotatable bonds is 16. The Morgan fingerprint density at radius 1 is 1.22 bits per heavy atom. The molecule has 0 aromatic heterocycles. The first-order chi connectivity index (χ1) is 15.2. The second-order valence-electron chi connectivity index (χ2n) is 7.13. The average Bonchev–Trinajstić information content (AvgIpc) is 2.99. The van der Waals surface area contributed by atoms with Gasteiger partial charge in [0.2, 0.25) is 11.8 Å². The fourth-order valence-electron chi connectivity index (χ4n) is 2.94. The molecular weight excluding hydrogens is 446 g/mol. The third-order valence-electron chi connectivity index (χ3n) is 4.64. The number of ether oxygens (including phenoxy) is 1. The highest BCUT2D eigenvalue weighted by Crippen LogP contribution is 2.26. The van der Waals surface area contributed by atoms with E-state index < -0.39 is 35.5 Å². The van der Waals surface area contributed by atoms with Crippen molar-refractivity contribution in [2.45, 2.75) is 69.4 Å². The maximum absolute atomic E-state index is 12.5. The molecule has 0 aromatic carbocycles. The van der Waals surface area contributed by atoms with Gasteiger partial charge in [0.15, 0.2) is 6.23 Å². The Balaban J connectivity index is 2.57. The minimum Gasteiger partial charge on any atom is -0.481 e. The molecule has 1 fully saturated rings. The number of carboxylic acids is 2. The van der Waals surface area contributed by atoms with Gasteiger partial charge in [-0.05, 0) is 6.42 Å². The molecule has 12 nitrogen and oxygen atoms in total. The molecule has 0 radical (unpaired) electrons. The molecule has 1 heterocycles. The number of likely N-dealkylation sites (tertiary alicyclic amines) is 1. The van der Waals surface area contributed by atoms with E-state index in [4.69, 9.17) is 5.11 Å². The highest BCUT2D eigenvalue weighted by Gasteiger charge is 2.39. The Labute approximate surface area is 189 Å². The van der Waals surface area contributed by atoms with Crippen LogP contribution in [0.3, 0.4) is 0 Å². The van der Waals surface area contributed by atoms with Crippen LogP contribution in [0.4, 0.5) is 4.79 Å². The van der Waals surface area contributed by atoms with Gasteiger partial charge in [-0.1, -0.05) is 26.2 Å². The van der Waals surface area contributed by atoms with Crippen LogP contribution in [0, 0.1) is 0 Å². The zero-order valence-corrected chi connectivity index (χ0v) is 18.6. The zero-order chi connectivity index (χ0) is 24.1. The SMILES string of the molecule is CCCCCCN1C(=O)CC(SC[C@H](NC(=O)N[C@@H](CCC(=O)O)OC=O)C(=O)O)C1=O. The zero-order valence-electron chi connectivity index (χ0n) is 17.8. The fraction of sp³-hybridized carbons (Fsp3) is 0.684. The number of hydrogen-bond acceptors (Lipinski definition) is 8. The van der Waals surface area contributed by atoms with E-state index in [1.54, 1.807) is 0 Å². The predicted octanol–water partition coefficient (Wildman–Crippen LogP) is 0.544. The second-order valence-corrected chi connectivity index (χ2v) is 8.37. The van der Waals surface area contributed by atoms with Crippen LogP contribution in [-0.2, 0) is 28.7 Å². The number of nitrogens with one attached hydrogen (secondary N) is 2. The predicted molar refractivity (Wildman–Crippen MR) is 113 cm³/mol. The van der Waals surface area contributed by atoms with Gasteiger partial charge in [0.25, 0.3) is 6.47 Å². The van der Waals surface area contributed by atoms with Crippen LogP contribution in [0.2, 0.25) is 0 Å². The second kappa shape index (κ2) is 14.3. The largest absolute Gasteiger partial charge is 0.481 e. The summed E-state index contributed by atoms with van der Waals surface area (Å²) in [6.07, 6.45) is 1.79. The molecule has 0 bridgehead atoms. The minimum absolute atomic E-state index is 0.0275. The summed E-state index contributed by atoms with van der Waals surface area (Å²) in [7, 11) is 0. The summed E-state index contributed by atoms with van der Waals surface area (Å²) in [6, 6.07) is -2.38. The Morgan fingerprint density at radius 3 is 2.53 bits per heavy atom. The van der Waals surface area contributed by atoms with Gasteiger partial charge in [-0.25, -0.2) is 9.59 Å². The molecule has 1 unspecified atom stereocenters. The standard InChI is InChI=1S/C19H29N3O9S/c1-2-3-4-5-8-22-15(24)9-13(17(22)27)32-10-12(18(28)29)20-19(30)21-14(31-11-23)6-7-16(25)26/h11-14H,2-10H2,1H3,(H,25,26)(H,28,29)(H2,20,21,30)/t12-,13?,14+/m0/s1. The maximum Gasteiger partial charge on any atom is 0.327 e. The van der Waals surface area contributed by atoms with E-state index >= 15 is 0 Å². The van der Waals surface area contributed by atoms with Gasteiger partial charge in [-0.15, -0.1) is 11.8 Å². The molecule has 1 aliphatic rings. The number of carbonyl (C=O) groups excluding carboxylic acids is 4. The van der Waals surface area contributed by atoms with E-state index in [1.807, 2.05) is 0 Å². The number of carboxylic acid groups (broad SMARTS) is 2. The van der Waals surface area contributed by atoms with Crippen molar-refractivity contribution in [1.82, 2.24) is 15.5 Å². The van der Waals surface area contributed by atoms with Crippen LogP contribution >= 0.6 is 11.8 Å². The van der Waals surface area contributed by atoms with Gasteiger partial charge in [0, 0.05) is 25.1 Å². The lowest BCUT2D eigenvalue weighted by Gasteiger charge is -2.20. The number of imide groups is 1. The molecule has 180 valence electrons. The van der Waals surface area contributed by atoms with E-state index in [2.05, 4.69) is 22.3 Å². The molecule has 0 aromatic rings.